The van der Waals surface area contributed by atoms with Crippen LogP contribution in [0.1, 0.15) is 10.4 Å². The van der Waals surface area contributed by atoms with Crippen molar-refractivity contribution in [3.63, 3.8) is 0 Å². The molecular formula is C14H11ClF3N3O2. The van der Waals surface area contributed by atoms with Crippen molar-refractivity contribution in [1.82, 2.24) is 15.3 Å². The molecular weight excluding hydrogens is 335 g/mol. The predicted molar refractivity (Wildman–Crippen MR) is 77.4 cm³/mol. The molecule has 0 saturated carbocycles. The molecule has 0 spiro atoms. The molecule has 1 aromatic heterocycles. The van der Waals surface area contributed by atoms with E-state index in [2.05, 4.69) is 9.97 Å². The summed E-state index contributed by atoms with van der Waals surface area (Å²) >= 11 is 5.91. The van der Waals surface area contributed by atoms with Crippen molar-refractivity contribution < 1.29 is 22.7 Å². The number of hydrogen-bond acceptors (Lipinski definition) is 4. The average Bonchev–Trinajstić information content (AvgIpc) is 2.52. The molecule has 9 heteroatoms. The molecule has 122 valence electrons. The number of nitrogens with one attached hydrogen (secondary N) is 1. The van der Waals surface area contributed by atoms with E-state index < -0.39 is 18.6 Å². The number of carbonyl (C=O) groups is 1. The van der Waals surface area contributed by atoms with Gasteiger partial charge in [0.1, 0.15) is 12.9 Å². The number of methoxy groups -OCH3 is 1. The van der Waals surface area contributed by atoms with E-state index >= 15 is 0 Å². The number of nitrogens with zero attached hydrogens (tertiary/aromatic N) is 2. The molecule has 1 heterocycles. The van der Waals surface area contributed by atoms with Gasteiger partial charge < -0.3 is 10.1 Å². The Hall–Kier alpha value is -2.35. The van der Waals surface area contributed by atoms with Crippen molar-refractivity contribution >= 4 is 17.5 Å². The first-order valence-electron chi connectivity index (χ1n) is 6.31. The first-order chi connectivity index (χ1) is 10.8. The zero-order valence-corrected chi connectivity index (χ0v) is 12.6. The van der Waals surface area contributed by atoms with Crippen LogP contribution in [0.4, 0.5) is 13.2 Å². The maximum atomic E-state index is 12.2. The molecule has 0 bridgehead atoms. The first kappa shape index (κ1) is 17.0. The number of alkyl halides is 3. The number of hydrogen-bond donors (Lipinski definition) is 1. The van der Waals surface area contributed by atoms with Gasteiger partial charge >= 0.3 is 6.18 Å². The normalized spacial score (nSPS) is 11.2. The minimum atomic E-state index is -4.50. The zero-order chi connectivity index (χ0) is 17.0. The van der Waals surface area contributed by atoms with Crippen LogP contribution in [0.3, 0.4) is 0 Å². The van der Waals surface area contributed by atoms with Gasteiger partial charge in [0.2, 0.25) is 5.88 Å². The van der Waals surface area contributed by atoms with Gasteiger partial charge in [0.15, 0.2) is 0 Å². The third-order valence-electron chi connectivity index (χ3n) is 2.80. The number of halogens is 4. The lowest BCUT2D eigenvalue weighted by Gasteiger charge is -2.12. The number of benzene rings is 1. The minimum absolute atomic E-state index is 0.0133. The highest BCUT2D eigenvalue weighted by Crippen LogP contribution is 2.27. The Morgan fingerprint density at radius 1 is 1.30 bits per heavy atom. The SMILES string of the molecule is COc1cc(-c2cc(Cl)ccc2C(=O)NCC(F)(F)F)ncn1. The molecule has 1 N–H and O–H groups in total. The fraction of sp³-hybridized carbons (Fsp3) is 0.214. The smallest absolute Gasteiger partial charge is 0.405 e. The molecule has 1 aromatic carbocycles. The van der Waals surface area contributed by atoms with E-state index in [9.17, 15) is 18.0 Å². The third kappa shape index (κ3) is 4.56. The van der Waals surface area contributed by atoms with Crippen LogP contribution in [0.25, 0.3) is 11.3 Å². The van der Waals surface area contributed by atoms with E-state index in [1.165, 1.54) is 37.7 Å². The zero-order valence-electron chi connectivity index (χ0n) is 11.8. The van der Waals surface area contributed by atoms with Crippen LogP contribution in [0.5, 0.6) is 5.88 Å². The molecule has 1 amide bonds. The summed E-state index contributed by atoms with van der Waals surface area (Å²) in [5.74, 6) is -0.636. The fourth-order valence-electron chi connectivity index (χ4n) is 1.80. The monoisotopic (exact) mass is 345 g/mol. The molecule has 2 aromatic rings. The van der Waals surface area contributed by atoms with E-state index in [4.69, 9.17) is 16.3 Å². The molecule has 0 radical (unpaired) electrons. The lowest BCUT2D eigenvalue weighted by Crippen LogP contribution is -2.34. The van der Waals surface area contributed by atoms with Crippen molar-refractivity contribution in [2.24, 2.45) is 0 Å². The average molecular weight is 346 g/mol. The topological polar surface area (TPSA) is 64.1 Å². The Morgan fingerprint density at radius 2 is 2.04 bits per heavy atom. The molecule has 0 fully saturated rings. The molecule has 2 rings (SSSR count). The lowest BCUT2D eigenvalue weighted by atomic mass is 10.0. The summed E-state index contributed by atoms with van der Waals surface area (Å²) in [6.45, 7) is -1.43. The molecule has 0 aliphatic heterocycles. The van der Waals surface area contributed by atoms with Crippen LogP contribution in [0, 0.1) is 0 Å². The van der Waals surface area contributed by atoms with Crippen molar-refractivity contribution in [3.05, 3.63) is 41.2 Å². The van der Waals surface area contributed by atoms with Crippen molar-refractivity contribution in [2.45, 2.75) is 6.18 Å². The van der Waals surface area contributed by atoms with E-state index in [1.807, 2.05) is 5.32 Å². The second-order valence-corrected chi connectivity index (χ2v) is 4.87. The van der Waals surface area contributed by atoms with Crippen LogP contribution >= 0.6 is 11.6 Å². The summed E-state index contributed by atoms with van der Waals surface area (Å²) in [6.07, 6.45) is -3.28. The summed E-state index contributed by atoms with van der Waals surface area (Å²) in [7, 11) is 1.40. The Balaban J connectivity index is 2.39. The molecule has 0 aliphatic carbocycles. The van der Waals surface area contributed by atoms with Crippen molar-refractivity contribution in [1.29, 1.82) is 0 Å². The standard InChI is InChI=1S/C14H11ClF3N3O2/c1-23-12-5-11(20-7-21-12)10-4-8(15)2-3-9(10)13(22)19-6-14(16,17)18/h2-5,7H,6H2,1H3,(H,19,22). The number of ether oxygens (including phenoxy) is 1. The molecule has 0 aliphatic rings. The molecule has 5 nitrogen and oxygen atoms in total. The van der Waals surface area contributed by atoms with E-state index in [0.29, 0.717) is 10.7 Å². The summed E-state index contributed by atoms with van der Waals surface area (Å²) in [4.78, 5) is 19.9. The molecule has 0 saturated heterocycles. The fourth-order valence-corrected chi connectivity index (χ4v) is 1.97. The van der Waals surface area contributed by atoms with E-state index in [0.717, 1.165) is 0 Å². The van der Waals surface area contributed by atoms with Gasteiger partial charge in [-0.2, -0.15) is 13.2 Å². The number of carbonyl (C=O) groups excluding carboxylic acids is 1. The number of rotatable bonds is 4. The van der Waals surface area contributed by atoms with Crippen molar-refractivity contribution in [3.8, 4) is 17.1 Å². The Morgan fingerprint density at radius 3 is 2.70 bits per heavy atom. The van der Waals surface area contributed by atoms with Gasteiger partial charge in [-0.1, -0.05) is 11.6 Å². The van der Waals surface area contributed by atoms with Gasteiger partial charge in [-0.15, -0.1) is 0 Å². The summed E-state index contributed by atoms with van der Waals surface area (Å²) in [6, 6.07) is 5.63. The lowest BCUT2D eigenvalue weighted by molar-refractivity contribution is -0.123. The maximum absolute atomic E-state index is 12.2. The minimum Gasteiger partial charge on any atom is -0.481 e. The van der Waals surface area contributed by atoms with Crippen LogP contribution in [0.2, 0.25) is 5.02 Å². The van der Waals surface area contributed by atoms with Gasteiger partial charge in [0.25, 0.3) is 5.91 Å². The molecule has 23 heavy (non-hydrogen) atoms. The van der Waals surface area contributed by atoms with E-state index in [-0.39, 0.29) is 17.0 Å². The van der Waals surface area contributed by atoms with Crippen LogP contribution in [0.15, 0.2) is 30.6 Å². The highest BCUT2D eigenvalue weighted by molar-refractivity contribution is 6.31. The third-order valence-corrected chi connectivity index (χ3v) is 3.04. The van der Waals surface area contributed by atoms with Gasteiger partial charge in [0, 0.05) is 22.2 Å². The second-order valence-electron chi connectivity index (χ2n) is 4.43. The Bertz CT molecular complexity index is 723. The summed E-state index contributed by atoms with van der Waals surface area (Å²) in [5.41, 5.74) is 0.591. The van der Waals surface area contributed by atoms with Gasteiger partial charge in [0.05, 0.1) is 12.8 Å². The van der Waals surface area contributed by atoms with Crippen LogP contribution in [-0.2, 0) is 0 Å². The highest BCUT2D eigenvalue weighted by Gasteiger charge is 2.28. The van der Waals surface area contributed by atoms with Gasteiger partial charge in [-0.25, -0.2) is 9.97 Å². The predicted octanol–water partition coefficient (Wildman–Crippen LogP) is 3.10. The van der Waals surface area contributed by atoms with Crippen LogP contribution in [-0.4, -0.2) is 35.7 Å². The van der Waals surface area contributed by atoms with Crippen molar-refractivity contribution in [2.75, 3.05) is 13.7 Å². The van der Waals surface area contributed by atoms with Gasteiger partial charge in [-0.05, 0) is 18.2 Å². The first-order valence-corrected chi connectivity index (χ1v) is 6.69. The summed E-state index contributed by atoms with van der Waals surface area (Å²) < 4.78 is 41.7. The second kappa shape index (κ2) is 6.82. The Labute approximate surface area is 134 Å². The van der Waals surface area contributed by atoms with Gasteiger partial charge in [-0.3, -0.25) is 4.79 Å². The molecule has 0 unspecified atom stereocenters. The quantitative estimate of drug-likeness (QED) is 0.925. The molecule has 0 atom stereocenters. The number of amides is 1. The maximum Gasteiger partial charge on any atom is 0.405 e. The number of aromatic nitrogens is 2. The van der Waals surface area contributed by atoms with Crippen LogP contribution < -0.4 is 10.1 Å². The summed E-state index contributed by atoms with van der Waals surface area (Å²) in [5, 5.41) is 2.13. The largest absolute Gasteiger partial charge is 0.481 e. The highest BCUT2D eigenvalue weighted by atomic mass is 35.5. The Kier molecular flexibility index (Phi) is 5.05. The van der Waals surface area contributed by atoms with E-state index in [1.54, 1.807) is 0 Å².